The molecule has 4 nitrogen and oxygen atoms in total. The van der Waals surface area contributed by atoms with Gasteiger partial charge in [0.05, 0.1) is 6.61 Å². The Balaban J connectivity index is 0.00000200. The van der Waals surface area contributed by atoms with Gasteiger partial charge in [0.2, 0.25) is 5.91 Å². The molecular weight excluding hydrogens is 296 g/mol. The van der Waals surface area contributed by atoms with Gasteiger partial charge in [0, 0.05) is 36.2 Å². The highest BCUT2D eigenvalue weighted by Gasteiger charge is 2.16. The van der Waals surface area contributed by atoms with Crippen molar-refractivity contribution >= 4 is 35.8 Å². The first-order valence-electron chi connectivity index (χ1n) is 6.62. The molecule has 0 radical (unpaired) electrons. The average molecular weight is 317 g/mol. The van der Waals surface area contributed by atoms with Gasteiger partial charge in [-0.25, -0.2) is 0 Å². The SMILES string of the molecule is CCOc1ccc(NC(=O)CC2CSCCN2)cc1.Cl. The summed E-state index contributed by atoms with van der Waals surface area (Å²) in [5.41, 5.74) is 0.817. The highest BCUT2D eigenvalue weighted by Crippen LogP contribution is 2.16. The molecule has 1 aliphatic heterocycles. The lowest BCUT2D eigenvalue weighted by Crippen LogP contribution is -2.39. The van der Waals surface area contributed by atoms with Crippen molar-refractivity contribution in [2.45, 2.75) is 19.4 Å². The van der Waals surface area contributed by atoms with Gasteiger partial charge in [-0.15, -0.1) is 12.4 Å². The van der Waals surface area contributed by atoms with Crippen LogP contribution >= 0.6 is 24.2 Å². The van der Waals surface area contributed by atoms with Crippen LogP contribution in [-0.4, -0.2) is 36.6 Å². The van der Waals surface area contributed by atoms with Crippen molar-refractivity contribution in [2.24, 2.45) is 0 Å². The van der Waals surface area contributed by atoms with E-state index in [0.29, 0.717) is 19.1 Å². The van der Waals surface area contributed by atoms with Crippen LogP contribution in [0.25, 0.3) is 0 Å². The van der Waals surface area contributed by atoms with Crippen molar-refractivity contribution in [3.63, 3.8) is 0 Å². The highest BCUT2D eigenvalue weighted by molar-refractivity contribution is 7.99. The number of hydrogen-bond donors (Lipinski definition) is 2. The predicted molar refractivity (Wildman–Crippen MR) is 87.2 cm³/mol. The first-order chi connectivity index (χ1) is 9.28. The number of nitrogens with one attached hydrogen (secondary N) is 2. The molecular formula is C14H21ClN2O2S. The molecule has 1 fully saturated rings. The Hall–Kier alpha value is -0.910. The highest BCUT2D eigenvalue weighted by atomic mass is 35.5. The molecule has 1 aromatic rings. The lowest BCUT2D eigenvalue weighted by atomic mass is 10.2. The van der Waals surface area contributed by atoms with Crippen LogP contribution < -0.4 is 15.4 Å². The summed E-state index contributed by atoms with van der Waals surface area (Å²) in [6.45, 7) is 3.59. The molecule has 1 saturated heterocycles. The molecule has 112 valence electrons. The first-order valence-corrected chi connectivity index (χ1v) is 7.77. The third-order valence-electron chi connectivity index (χ3n) is 2.88. The molecule has 2 N–H and O–H groups in total. The Morgan fingerprint density at radius 2 is 2.20 bits per heavy atom. The maximum Gasteiger partial charge on any atom is 0.225 e. The first kappa shape index (κ1) is 17.1. The summed E-state index contributed by atoms with van der Waals surface area (Å²) in [6, 6.07) is 7.76. The molecule has 0 saturated carbocycles. The molecule has 0 bridgehead atoms. The average Bonchev–Trinajstić information content (AvgIpc) is 2.42. The van der Waals surface area contributed by atoms with E-state index in [1.54, 1.807) is 0 Å². The minimum atomic E-state index is 0. The summed E-state index contributed by atoms with van der Waals surface area (Å²) >= 11 is 1.90. The largest absolute Gasteiger partial charge is 0.494 e. The lowest BCUT2D eigenvalue weighted by molar-refractivity contribution is -0.116. The maximum absolute atomic E-state index is 11.9. The topological polar surface area (TPSA) is 50.4 Å². The van der Waals surface area contributed by atoms with Gasteiger partial charge in [0.25, 0.3) is 0 Å². The number of anilines is 1. The predicted octanol–water partition coefficient (Wildman–Crippen LogP) is 2.54. The zero-order valence-electron chi connectivity index (χ0n) is 11.6. The Kier molecular flexibility index (Phi) is 7.80. The number of benzene rings is 1. The molecule has 1 heterocycles. The molecule has 1 aromatic carbocycles. The van der Waals surface area contributed by atoms with E-state index in [4.69, 9.17) is 4.74 Å². The van der Waals surface area contributed by atoms with Crippen LogP contribution in [0.1, 0.15) is 13.3 Å². The minimum Gasteiger partial charge on any atom is -0.494 e. The molecule has 1 atom stereocenters. The summed E-state index contributed by atoms with van der Waals surface area (Å²) < 4.78 is 5.36. The number of rotatable bonds is 5. The summed E-state index contributed by atoms with van der Waals surface area (Å²) in [6.07, 6.45) is 0.528. The van der Waals surface area contributed by atoms with Crippen LogP contribution in [0.15, 0.2) is 24.3 Å². The van der Waals surface area contributed by atoms with Crippen molar-refractivity contribution in [3.8, 4) is 5.75 Å². The second kappa shape index (κ2) is 9.10. The summed E-state index contributed by atoms with van der Waals surface area (Å²) in [5, 5.41) is 6.27. The van der Waals surface area contributed by atoms with Crippen molar-refractivity contribution in [2.75, 3.05) is 30.0 Å². The Bertz CT molecular complexity index is 408. The fourth-order valence-electron chi connectivity index (χ4n) is 1.99. The molecule has 1 unspecified atom stereocenters. The number of thioether (sulfide) groups is 1. The van der Waals surface area contributed by atoms with Gasteiger partial charge in [0.1, 0.15) is 5.75 Å². The van der Waals surface area contributed by atoms with Crippen LogP contribution in [0.4, 0.5) is 5.69 Å². The van der Waals surface area contributed by atoms with Gasteiger partial charge in [-0.3, -0.25) is 4.79 Å². The minimum absolute atomic E-state index is 0. The van der Waals surface area contributed by atoms with Gasteiger partial charge in [-0.05, 0) is 31.2 Å². The quantitative estimate of drug-likeness (QED) is 0.876. The van der Waals surface area contributed by atoms with Gasteiger partial charge >= 0.3 is 0 Å². The van der Waals surface area contributed by atoms with E-state index in [1.165, 1.54) is 0 Å². The van der Waals surface area contributed by atoms with Gasteiger partial charge in [0.15, 0.2) is 0 Å². The lowest BCUT2D eigenvalue weighted by Gasteiger charge is -2.22. The molecule has 20 heavy (non-hydrogen) atoms. The fraction of sp³-hybridized carbons (Fsp3) is 0.500. The van der Waals surface area contributed by atoms with Crippen LogP contribution in [0.3, 0.4) is 0 Å². The van der Waals surface area contributed by atoms with Crippen LogP contribution in [0, 0.1) is 0 Å². The van der Waals surface area contributed by atoms with Gasteiger partial charge in [-0.2, -0.15) is 11.8 Å². The Labute approximate surface area is 130 Å². The maximum atomic E-state index is 11.9. The number of ether oxygens (including phenoxy) is 1. The van der Waals surface area contributed by atoms with Crippen LogP contribution in [0.2, 0.25) is 0 Å². The number of carbonyl (C=O) groups excluding carboxylic acids is 1. The number of amides is 1. The van der Waals surface area contributed by atoms with E-state index in [-0.39, 0.29) is 18.3 Å². The molecule has 2 rings (SSSR count). The fourth-order valence-corrected chi connectivity index (χ4v) is 2.94. The van der Waals surface area contributed by atoms with Crippen molar-refractivity contribution in [1.29, 1.82) is 0 Å². The zero-order chi connectivity index (χ0) is 13.5. The van der Waals surface area contributed by atoms with E-state index in [9.17, 15) is 4.79 Å². The van der Waals surface area contributed by atoms with E-state index in [1.807, 2.05) is 43.0 Å². The van der Waals surface area contributed by atoms with Gasteiger partial charge in [-0.1, -0.05) is 0 Å². The Morgan fingerprint density at radius 3 is 2.80 bits per heavy atom. The smallest absolute Gasteiger partial charge is 0.225 e. The van der Waals surface area contributed by atoms with E-state index < -0.39 is 0 Å². The van der Waals surface area contributed by atoms with Crippen molar-refractivity contribution in [1.82, 2.24) is 5.32 Å². The Morgan fingerprint density at radius 1 is 1.45 bits per heavy atom. The second-order valence-corrected chi connectivity index (χ2v) is 5.59. The number of carbonyl (C=O) groups is 1. The summed E-state index contributed by atoms with van der Waals surface area (Å²) in [5.74, 6) is 3.03. The van der Waals surface area contributed by atoms with E-state index in [0.717, 1.165) is 29.5 Å². The summed E-state index contributed by atoms with van der Waals surface area (Å²) in [7, 11) is 0. The van der Waals surface area contributed by atoms with E-state index >= 15 is 0 Å². The van der Waals surface area contributed by atoms with Crippen molar-refractivity contribution in [3.05, 3.63) is 24.3 Å². The van der Waals surface area contributed by atoms with Crippen LogP contribution in [-0.2, 0) is 4.79 Å². The molecule has 0 aliphatic carbocycles. The third kappa shape index (κ3) is 5.61. The van der Waals surface area contributed by atoms with Gasteiger partial charge < -0.3 is 15.4 Å². The number of hydrogen-bond acceptors (Lipinski definition) is 4. The standard InChI is InChI=1S/C14H20N2O2S.ClH/c1-2-18-13-5-3-11(4-6-13)16-14(17)9-12-10-19-8-7-15-12;/h3-6,12,15H,2,7-10H2,1H3,(H,16,17);1H. The molecule has 0 aromatic heterocycles. The molecule has 1 aliphatic rings. The van der Waals surface area contributed by atoms with E-state index in [2.05, 4.69) is 10.6 Å². The monoisotopic (exact) mass is 316 g/mol. The molecule has 6 heteroatoms. The number of halogens is 1. The molecule has 1 amide bonds. The normalized spacial score (nSPS) is 17.9. The summed E-state index contributed by atoms with van der Waals surface area (Å²) in [4.78, 5) is 11.9. The zero-order valence-corrected chi connectivity index (χ0v) is 13.2. The third-order valence-corrected chi connectivity index (χ3v) is 4.01. The van der Waals surface area contributed by atoms with Crippen LogP contribution in [0.5, 0.6) is 5.75 Å². The molecule has 0 spiro atoms. The second-order valence-electron chi connectivity index (χ2n) is 4.44. The van der Waals surface area contributed by atoms with Crippen molar-refractivity contribution < 1.29 is 9.53 Å².